The Kier molecular flexibility index (Phi) is 7.32. The molecule has 6 nitrogen and oxygen atoms in total. The van der Waals surface area contributed by atoms with Gasteiger partial charge in [-0.15, -0.1) is 0 Å². The van der Waals surface area contributed by atoms with E-state index < -0.39 is 17.1 Å². The highest BCUT2D eigenvalue weighted by Crippen LogP contribution is 2.45. The third-order valence-corrected chi connectivity index (χ3v) is 8.01. The average molecular weight is 506 g/mol. The number of amides is 3. The Morgan fingerprint density at radius 2 is 1.89 bits per heavy atom. The van der Waals surface area contributed by atoms with E-state index in [1.165, 1.54) is 11.3 Å². The molecule has 0 aromatic heterocycles. The molecule has 0 bridgehead atoms. The summed E-state index contributed by atoms with van der Waals surface area (Å²) in [6.45, 7) is 13.7. The molecule has 1 atom stereocenters. The van der Waals surface area contributed by atoms with Crippen molar-refractivity contribution in [1.29, 1.82) is 0 Å². The fourth-order valence-corrected chi connectivity index (χ4v) is 6.11. The van der Waals surface area contributed by atoms with Gasteiger partial charge in [0, 0.05) is 23.5 Å². The minimum Gasteiger partial charge on any atom is -0.366 e. The SMILES string of the molecule is CCCN1c2cc(C)c(/C=C3/SC(=O)N(CC(=O)Nc4ccccc4C)C3=O)cc2C(C)CC1(C)C. The Hall–Kier alpha value is -3.06. The summed E-state index contributed by atoms with van der Waals surface area (Å²) in [7, 11) is 0. The lowest BCUT2D eigenvalue weighted by Gasteiger charge is -2.48. The molecule has 1 fully saturated rings. The zero-order valence-electron chi connectivity index (χ0n) is 22.0. The minimum absolute atomic E-state index is 0.0813. The van der Waals surface area contributed by atoms with Crippen molar-refractivity contribution in [2.75, 3.05) is 23.3 Å². The zero-order chi connectivity index (χ0) is 26.2. The van der Waals surface area contributed by atoms with Crippen LogP contribution in [0.1, 0.15) is 68.7 Å². The van der Waals surface area contributed by atoms with Gasteiger partial charge in [-0.25, -0.2) is 0 Å². The first-order valence-corrected chi connectivity index (χ1v) is 13.4. The van der Waals surface area contributed by atoms with Gasteiger partial charge in [0.1, 0.15) is 6.54 Å². The molecular weight excluding hydrogens is 470 g/mol. The van der Waals surface area contributed by atoms with Crippen molar-refractivity contribution in [3.05, 3.63) is 63.6 Å². The van der Waals surface area contributed by atoms with Crippen LogP contribution >= 0.6 is 11.8 Å². The lowest BCUT2D eigenvalue weighted by Crippen LogP contribution is -2.48. The van der Waals surface area contributed by atoms with Crippen LogP contribution in [-0.2, 0) is 9.59 Å². The number of hydrogen-bond donors (Lipinski definition) is 1. The van der Waals surface area contributed by atoms with Gasteiger partial charge in [-0.1, -0.05) is 32.0 Å². The summed E-state index contributed by atoms with van der Waals surface area (Å²) in [6.07, 6.45) is 3.92. The van der Waals surface area contributed by atoms with Gasteiger partial charge in [0.15, 0.2) is 0 Å². The van der Waals surface area contributed by atoms with E-state index >= 15 is 0 Å². The van der Waals surface area contributed by atoms with Crippen molar-refractivity contribution >= 4 is 46.3 Å². The smallest absolute Gasteiger partial charge is 0.294 e. The molecule has 36 heavy (non-hydrogen) atoms. The highest BCUT2D eigenvalue weighted by atomic mass is 32.2. The predicted octanol–water partition coefficient (Wildman–Crippen LogP) is 6.48. The van der Waals surface area contributed by atoms with E-state index in [9.17, 15) is 14.4 Å². The lowest BCUT2D eigenvalue weighted by atomic mass is 9.79. The number of thioether (sulfide) groups is 1. The number of anilines is 2. The molecule has 1 saturated heterocycles. The predicted molar refractivity (Wildman–Crippen MR) is 148 cm³/mol. The summed E-state index contributed by atoms with van der Waals surface area (Å²) in [5.41, 5.74) is 6.20. The molecule has 2 aliphatic rings. The first-order valence-electron chi connectivity index (χ1n) is 12.5. The van der Waals surface area contributed by atoms with Gasteiger partial charge in [0.05, 0.1) is 4.91 Å². The Morgan fingerprint density at radius 1 is 1.17 bits per heavy atom. The zero-order valence-corrected chi connectivity index (χ0v) is 22.8. The summed E-state index contributed by atoms with van der Waals surface area (Å²) in [5, 5.41) is 2.37. The topological polar surface area (TPSA) is 69.7 Å². The molecule has 2 aromatic rings. The molecule has 3 amide bonds. The van der Waals surface area contributed by atoms with Crippen molar-refractivity contribution < 1.29 is 14.4 Å². The quantitative estimate of drug-likeness (QED) is 0.455. The molecule has 0 aliphatic carbocycles. The van der Waals surface area contributed by atoms with Crippen molar-refractivity contribution in [3.8, 4) is 0 Å². The van der Waals surface area contributed by atoms with Gasteiger partial charge in [0.2, 0.25) is 5.91 Å². The highest BCUT2D eigenvalue weighted by molar-refractivity contribution is 8.18. The van der Waals surface area contributed by atoms with Crippen LogP contribution in [0.5, 0.6) is 0 Å². The van der Waals surface area contributed by atoms with Crippen molar-refractivity contribution in [3.63, 3.8) is 0 Å². The molecule has 0 radical (unpaired) electrons. The van der Waals surface area contributed by atoms with Crippen LogP contribution < -0.4 is 10.2 Å². The lowest BCUT2D eigenvalue weighted by molar-refractivity contribution is -0.127. The summed E-state index contributed by atoms with van der Waals surface area (Å²) in [4.78, 5) is 42.2. The number of nitrogens with zero attached hydrogens (tertiary/aromatic N) is 2. The molecule has 0 spiro atoms. The van der Waals surface area contributed by atoms with Gasteiger partial charge in [-0.2, -0.15) is 0 Å². The Balaban J connectivity index is 1.57. The number of fused-ring (bicyclic) bond motifs is 1. The van der Waals surface area contributed by atoms with Crippen molar-refractivity contribution in [1.82, 2.24) is 4.90 Å². The molecule has 190 valence electrons. The molecule has 1 unspecified atom stereocenters. The number of rotatable bonds is 6. The molecule has 4 rings (SSSR count). The average Bonchev–Trinajstić information content (AvgIpc) is 3.06. The van der Waals surface area contributed by atoms with Crippen LogP contribution in [0.2, 0.25) is 0 Å². The molecular formula is C29H35N3O3S. The summed E-state index contributed by atoms with van der Waals surface area (Å²) >= 11 is 0.892. The summed E-state index contributed by atoms with van der Waals surface area (Å²) in [5.74, 6) is -0.440. The minimum atomic E-state index is -0.427. The monoisotopic (exact) mass is 505 g/mol. The fourth-order valence-electron chi connectivity index (χ4n) is 5.28. The number of imide groups is 1. The van der Waals surface area contributed by atoms with Crippen LogP contribution in [0.3, 0.4) is 0 Å². The Morgan fingerprint density at radius 3 is 2.58 bits per heavy atom. The number of carbonyl (C=O) groups is 3. The molecule has 2 aliphatic heterocycles. The van der Waals surface area contributed by atoms with Gasteiger partial charge in [-0.05, 0) is 105 Å². The standard InChI is InChI=1S/C29H35N3O3S/c1-7-12-32-24-13-19(3)21(14-22(24)20(4)16-29(32,5)6)15-25-27(34)31(28(35)36-25)17-26(33)30-23-11-9-8-10-18(23)2/h8-11,13-15,20H,7,12,16-17H2,1-6H3,(H,30,33)/b25-15+. The van der Waals surface area contributed by atoms with Crippen LogP contribution in [0.25, 0.3) is 6.08 Å². The number of carbonyl (C=O) groups excluding carboxylic acids is 3. The number of benzene rings is 2. The second-order valence-corrected chi connectivity index (χ2v) is 11.5. The molecule has 7 heteroatoms. The van der Waals surface area contributed by atoms with E-state index in [0.717, 1.165) is 52.7 Å². The van der Waals surface area contributed by atoms with Gasteiger partial charge >= 0.3 is 0 Å². The summed E-state index contributed by atoms with van der Waals surface area (Å²) < 4.78 is 0. The number of aryl methyl sites for hydroxylation is 2. The molecule has 2 aromatic carbocycles. The number of hydrogen-bond acceptors (Lipinski definition) is 5. The van der Waals surface area contributed by atoms with Crippen LogP contribution in [0.4, 0.5) is 16.2 Å². The largest absolute Gasteiger partial charge is 0.366 e. The van der Waals surface area contributed by atoms with E-state index in [4.69, 9.17) is 0 Å². The number of para-hydroxylation sites is 1. The highest BCUT2D eigenvalue weighted by Gasteiger charge is 2.38. The normalized spacial score (nSPS) is 20.2. The Bertz CT molecular complexity index is 1250. The Labute approximate surface area is 218 Å². The first kappa shape index (κ1) is 26.0. The maximum Gasteiger partial charge on any atom is 0.294 e. The maximum absolute atomic E-state index is 13.1. The van der Waals surface area contributed by atoms with Crippen LogP contribution in [-0.4, -0.2) is 40.6 Å². The third kappa shape index (κ3) is 5.07. The van der Waals surface area contributed by atoms with E-state index in [1.54, 1.807) is 12.1 Å². The van der Waals surface area contributed by atoms with E-state index in [0.29, 0.717) is 16.5 Å². The third-order valence-electron chi connectivity index (χ3n) is 7.10. The molecule has 0 saturated carbocycles. The van der Waals surface area contributed by atoms with E-state index in [-0.39, 0.29) is 12.1 Å². The van der Waals surface area contributed by atoms with Crippen molar-refractivity contribution in [2.24, 2.45) is 0 Å². The first-order chi connectivity index (χ1) is 17.0. The van der Waals surface area contributed by atoms with Crippen molar-refractivity contribution in [2.45, 2.75) is 65.8 Å². The van der Waals surface area contributed by atoms with Gasteiger partial charge in [-0.3, -0.25) is 19.3 Å². The van der Waals surface area contributed by atoms with E-state index in [1.807, 2.05) is 32.0 Å². The fraction of sp³-hybridized carbons (Fsp3) is 0.414. The second kappa shape index (κ2) is 10.1. The van der Waals surface area contributed by atoms with Gasteiger partial charge in [0.25, 0.3) is 11.1 Å². The molecule has 1 N–H and O–H groups in total. The maximum atomic E-state index is 13.1. The second-order valence-electron chi connectivity index (χ2n) is 10.5. The van der Waals surface area contributed by atoms with Crippen LogP contribution in [0, 0.1) is 13.8 Å². The van der Waals surface area contributed by atoms with Gasteiger partial charge < -0.3 is 10.2 Å². The molecule has 2 heterocycles. The number of nitrogens with one attached hydrogen (secondary N) is 1. The van der Waals surface area contributed by atoms with Crippen LogP contribution in [0.15, 0.2) is 41.3 Å². The van der Waals surface area contributed by atoms with E-state index in [2.05, 4.69) is 50.0 Å². The summed E-state index contributed by atoms with van der Waals surface area (Å²) in [6, 6.07) is 11.8.